The summed E-state index contributed by atoms with van der Waals surface area (Å²) in [7, 11) is 0. The maximum absolute atomic E-state index is 5.77. The smallest absolute Gasteiger partial charge is 0.231 e. The number of ether oxygens (including phenoxy) is 4. The highest BCUT2D eigenvalue weighted by Crippen LogP contribution is 2.52. The van der Waals surface area contributed by atoms with E-state index in [9.17, 15) is 0 Å². The van der Waals surface area contributed by atoms with Crippen molar-refractivity contribution >= 4 is 0 Å². The van der Waals surface area contributed by atoms with Gasteiger partial charge in [0, 0.05) is 30.6 Å². The van der Waals surface area contributed by atoms with Crippen LogP contribution in [0.5, 0.6) is 23.0 Å². The second-order valence-corrected chi connectivity index (χ2v) is 7.23. The fourth-order valence-corrected chi connectivity index (χ4v) is 4.86. The summed E-state index contributed by atoms with van der Waals surface area (Å²) in [5.74, 6) is 3.98. The van der Waals surface area contributed by atoms with E-state index in [1.54, 1.807) is 0 Å². The summed E-state index contributed by atoms with van der Waals surface area (Å²) in [6.07, 6.45) is 1.04. The zero-order valence-electron chi connectivity index (χ0n) is 14.1. The molecular formula is C20H19NO4. The van der Waals surface area contributed by atoms with E-state index in [4.69, 9.17) is 18.9 Å². The molecule has 4 aliphatic heterocycles. The molecular weight excluding hydrogens is 318 g/mol. The number of hydrogen-bond donors (Lipinski definition) is 0. The Kier molecular flexibility index (Phi) is 2.67. The van der Waals surface area contributed by atoms with Crippen molar-refractivity contribution in [1.82, 2.24) is 4.90 Å². The molecule has 0 N–H and O–H groups in total. The van der Waals surface area contributed by atoms with Crippen LogP contribution >= 0.6 is 0 Å². The van der Waals surface area contributed by atoms with E-state index < -0.39 is 0 Å². The molecule has 0 aliphatic carbocycles. The number of hydrogen-bond acceptors (Lipinski definition) is 5. The van der Waals surface area contributed by atoms with Crippen molar-refractivity contribution in [3.8, 4) is 23.0 Å². The van der Waals surface area contributed by atoms with Gasteiger partial charge in [0.05, 0.1) is 0 Å². The molecule has 5 heteroatoms. The summed E-state index contributed by atoms with van der Waals surface area (Å²) in [4.78, 5) is 2.57. The van der Waals surface area contributed by atoms with Gasteiger partial charge in [0.1, 0.15) is 0 Å². The van der Waals surface area contributed by atoms with E-state index in [0.717, 1.165) is 42.5 Å². The van der Waals surface area contributed by atoms with Gasteiger partial charge >= 0.3 is 0 Å². The molecule has 0 aromatic heterocycles. The molecule has 0 amide bonds. The van der Waals surface area contributed by atoms with Gasteiger partial charge in [0.2, 0.25) is 13.6 Å². The molecule has 0 spiro atoms. The fraction of sp³-hybridized carbons (Fsp3) is 0.400. The lowest BCUT2D eigenvalue weighted by Gasteiger charge is -2.45. The topological polar surface area (TPSA) is 40.2 Å². The molecule has 0 saturated carbocycles. The van der Waals surface area contributed by atoms with Gasteiger partial charge in [-0.15, -0.1) is 0 Å². The third-order valence-corrected chi connectivity index (χ3v) is 6.02. The van der Waals surface area contributed by atoms with Crippen LogP contribution in [0.2, 0.25) is 0 Å². The van der Waals surface area contributed by atoms with Crippen LogP contribution in [0.25, 0.3) is 0 Å². The highest BCUT2D eigenvalue weighted by molar-refractivity contribution is 5.57. The minimum atomic E-state index is 0.328. The van der Waals surface area contributed by atoms with Crippen molar-refractivity contribution in [2.24, 2.45) is 0 Å². The summed E-state index contributed by atoms with van der Waals surface area (Å²) in [5.41, 5.74) is 5.44. The molecule has 2 unspecified atom stereocenters. The average Bonchev–Trinajstić information content (AvgIpc) is 3.28. The van der Waals surface area contributed by atoms with E-state index in [1.807, 2.05) is 0 Å². The Balaban J connectivity index is 1.49. The summed E-state index contributed by atoms with van der Waals surface area (Å²) in [6, 6.07) is 9.01. The van der Waals surface area contributed by atoms with Crippen LogP contribution in [0.4, 0.5) is 0 Å². The zero-order chi connectivity index (χ0) is 16.5. The molecule has 4 heterocycles. The molecule has 2 aromatic rings. The van der Waals surface area contributed by atoms with Crippen LogP contribution in [-0.2, 0) is 13.0 Å². The van der Waals surface area contributed by atoms with Crippen LogP contribution in [0.1, 0.15) is 41.1 Å². The maximum atomic E-state index is 5.77. The molecule has 0 fully saturated rings. The van der Waals surface area contributed by atoms with Gasteiger partial charge in [-0.3, -0.25) is 4.90 Å². The number of nitrogens with zero attached hydrogens (tertiary/aromatic N) is 1. The number of benzene rings is 2. The SMILES string of the molecule is CC1c2ccc3c(c2CN2CCc4cc5c(cc4C12)OCO5)OCO3. The fourth-order valence-electron chi connectivity index (χ4n) is 4.86. The van der Waals surface area contributed by atoms with Crippen molar-refractivity contribution in [2.75, 3.05) is 20.1 Å². The summed E-state index contributed by atoms with van der Waals surface area (Å²) in [5, 5.41) is 0. The van der Waals surface area contributed by atoms with Crippen LogP contribution < -0.4 is 18.9 Å². The van der Waals surface area contributed by atoms with Crippen molar-refractivity contribution in [3.63, 3.8) is 0 Å². The lowest BCUT2D eigenvalue weighted by molar-refractivity contribution is 0.134. The van der Waals surface area contributed by atoms with Gasteiger partial charge in [0.15, 0.2) is 23.0 Å². The first-order valence-corrected chi connectivity index (χ1v) is 8.87. The van der Waals surface area contributed by atoms with Crippen molar-refractivity contribution in [2.45, 2.75) is 31.8 Å². The number of rotatable bonds is 0. The lowest BCUT2D eigenvalue weighted by atomic mass is 9.77. The van der Waals surface area contributed by atoms with Gasteiger partial charge < -0.3 is 18.9 Å². The lowest BCUT2D eigenvalue weighted by Crippen LogP contribution is -2.41. The third-order valence-electron chi connectivity index (χ3n) is 6.02. The first kappa shape index (κ1) is 13.8. The van der Waals surface area contributed by atoms with Gasteiger partial charge in [-0.2, -0.15) is 0 Å². The minimum Gasteiger partial charge on any atom is -0.454 e. The normalized spacial score (nSPS) is 25.3. The van der Waals surface area contributed by atoms with Crippen LogP contribution in [0, 0.1) is 0 Å². The molecule has 5 nitrogen and oxygen atoms in total. The summed E-state index contributed by atoms with van der Waals surface area (Å²) >= 11 is 0. The Morgan fingerprint density at radius 1 is 0.920 bits per heavy atom. The van der Waals surface area contributed by atoms with Gasteiger partial charge in [-0.1, -0.05) is 13.0 Å². The maximum Gasteiger partial charge on any atom is 0.231 e. The van der Waals surface area contributed by atoms with Gasteiger partial charge in [0.25, 0.3) is 0 Å². The molecule has 2 atom stereocenters. The molecule has 0 saturated heterocycles. The predicted octanol–water partition coefficient (Wildman–Crippen LogP) is 3.36. The summed E-state index contributed by atoms with van der Waals surface area (Å²) < 4.78 is 22.5. The Labute approximate surface area is 146 Å². The predicted molar refractivity (Wildman–Crippen MR) is 90.4 cm³/mol. The monoisotopic (exact) mass is 337 g/mol. The third kappa shape index (κ3) is 1.82. The van der Waals surface area contributed by atoms with Crippen LogP contribution in [-0.4, -0.2) is 25.0 Å². The molecule has 4 aliphatic rings. The van der Waals surface area contributed by atoms with Gasteiger partial charge in [-0.05, 0) is 41.3 Å². The Morgan fingerprint density at radius 3 is 2.64 bits per heavy atom. The van der Waals surface area contributed by atoms with E-state index in [0.29, 0.717) is 25.5 Å². The molecule has 2 aromatic carbocycles. The number of fused-ring (bicyclic) bond motifs is 7. The van der Waals surface area contributed by atoms with E-state index in [-0.39, 0.29) is 0 Å². The molecule has 0 bridgehead atoms. The Morgan fingerprint density at radius 2 is 1.72 bits per heavy atom. The molecule has 128 valence electrons. The first-order valence-electron chi connectivity index (χ1n) is 8.87. The largest absolute Gasteiger partial charge is 0.454 e. The average molecular weight is 337 g/mol. The minimum absolute atomic E-state index is 0.328. The summed E-state index contributed by atoms with van der Waals surface area (Å²) in [6.45, 7) is 4.93. The Hall–Kier alpha value is -2.40. The highest BCUT2D eigenvalue weighted by Gasteiger charge is 2.40. The second kappa shape index (κ2) is 4.82. The second-order valence-electron chi connectivity index (χ2n) is 7.23. The molecule has 0 radical (unpaired) electrons. The van der Waals surface area contributed by atoms with Crippen molar-refractivity contribution in [1.29, 1.82) is 0 Å². The first-order chi connectivity index (χ1) is 12.3. The standard InChI is InChI=1S/C20H19NO4/c1-11-13-2-3-16-20(25-10-22-16)15(13)8-21-5-4-12-6-17-18(24-9-23-17)7-14(12)19(11)21/h2-3,6-7,11,19H,4-5,8-10H2,1H3. The zero-order valence-corrected chi connectivity index (χ0v) is 14.1. The molecule has 6 rings (SSSR count). The highest BCUT2D eigenvalue weighted by atomic mass is 16.7. The van der Waals surface area contributed by atoms with Crippen molar-refractivity contribution in [3.05, 3.63) is 46.5 Å². The Bertz CT molecular complexity index is 894. The molecule has 25 heavy (non-hydrogen) atoms. The van der Waals surface area contributed by atoms with Crippen molar-refractivity contribution < 1.29 is 18.9 Å². The van der Waals surface area contributed by atoms with Gasteiger partial charge in [-0.25, -0.2) is 0 Å². The van der Waals surface area contributed by atoms with E-state index >= 15 is 0 Å². The van der Waals surface area contributed by atoms with Crippen LogP contribution in [0.15, 0.2) is 24.3 Å². The van der Waals surface area contributed by atoms with E-state index in [2.05, 4.69) is 36.1 Å². The quantitative estimate of drug-likeness (QED) is 0.737. The van der Waals surface area contributed by atoms with Crippen LogP contribution in [0.3, 0.4) is 0 Å². The van der Waals surface area contributed by atoms with E-state index in [1.165, 1.54) is 22.3 Å².